The van der Waals surface area contributed by atoms with E-state index in [2.05, 4.69) is 26.8 Å². The van der Waals surface area contributed by atoms with E-state index in [1.807, 2.05) is 25.3 Å². The highest BCUT2D eigenvalue weighted by Gasteiger charge is 2.44. The molecule has 1 fully saturated rings. The lowest BCUT2D eigenvalue weighted by atomic mass is 9.73. The Balaban J connectivity index is 2.34. The number of thioether (sulfide) groups is 1. The van der Waals surface area contributed by atoms with E-state index < -0.39 is 35.6 Å². The molecule has 0 amide bonds. The number of ether oxygens (including phenoxy) is 1. The molecule has 0 spiro atoms. The zero-order valence-corrected chi connectivity index (χ0v) is 24.8. The lowest BCUT2D eigenvalue weighted by molar-refractivity contribution is -0.154. The zero-order chi connectivity index (χ0) is 28.1. The number of Topliss-reactive ketones (excluding diaryl/α,β-unsaturated/α-hetero) is 1. The van der Waals surface area contributed by atoms with Crippen molar-refractivity contribution in [3.63, 3.8) is 0 Å². The van der Waals surface area contributed by atoms with Crippen LogP contribution in [0.3, 0.4) is 0 Å². The predicted octanol–water partition coefficient (Wildman–Crippen LogP) is 5.53. The van der Waals surface area contributed by atoms with Crippen molar-refractivity contribution >= 4 is 23.5 Å². The molecule has 3 unspecified atom stereocenters. The molecule has 1 saturated carbocycles. The molecule has 4 N–H and O–H groups in total. The quantitative estimate of drug-likeness (QED) is 0.241. The van der Waals surface area contributed by atoms with Gasteiger partial charge in [0.05, 0.1) is 24.0 Å². The first-order chi connectivity index (χ1) is 17.2. The molecule has 1 heterocycles. The second kappa shape index (κ2) is 13.5. The highest BCUT2D eigenvalue weighted by atomic mass is 32.2. The van der Waals surface area contributed by atoms with Gasteiger partial charge in [-0.05, 0) is 67.9 Å². The topological polar surface area (TPSA) is 110 Å². The van der Waals surface area contributed by atoms with Crippen molar-refractivity contribution in [2.75, 3.05) is 0 Å². The van der Waals surface area contributed by atoms with Crippen LogP contribution in [0.25, 0.3) is 0 Å². The fourth-order valence-corrected chi connectivity index (χ4v) is 5.80. The van der Waals surface area contributed by atoms with Crippen LogP contribution in [-0.2, 0) is 14.3 Å². The second-order valence-corrected chi connectivity index (χ2v) is 13.2. The smallest absolute Gasteiger partial charge is 0.309 e. The maximum atomic E-state index is 13.3. The summed E-state index contributed by atoms with van der Waals surface area (Å²) in [6.45, 7) is 15.3. The molecule has 0 radical (unpaired) electrons. The van der Waals surface area contributed by atoms with E-state index in [9.17, 15) is 19.8 Å². The highest BCUT2D eigenvalue weighted by Crippen LogP contribution is 2.49. The SMILES string of the molecule is CCC(C)S/C=C(N)/C=C(\C)[C@@H]1C/C=C(/C)C2CC2C[C@H](C)[C@H](O)[C@@H](C)C(=O)C(C)(C)[C@@H](O)CC(=O)O1. The molecular weight excluding hydrogens is 486 g/mol. The molecule has 0 saturated heterocycles. The number of cyclic esters (lactones) is 1. The van der Waals surface area contributed by atoms with Gasteiger partial charge in [0.25, 0.3) is 0 Å². The lowest BCUT2D eigenvalue weighted by Gasteiger charge is -2.34. The third-order valence-electron chi connectivity index (χ3n) is 8.36. The van der Waals surface area contributed by atoms with E-state index in [1.165, 1.54) is 5.57 Å². The van der Waals surface area contributed by atoms with Gasteiger partial charge in [-0.15, -0.1) is 11.8 Å². The van der Waals surface area contributed by atoms with Crippen LogP contribution in [0.2, 0.25) is 0 Å². The first-order valence-corrected chi connectivity index (χ1v) is 14.7. The molecular formula is C30H49NO5S. The monoisotopic (exact) mass is 535 g/mol. The third-order valence-corrected chi connectivity index (χ3v) is 9.57. The van der Waals surface area contributed by atoms with Crippen LogP contribution >= 0.6 is 11.8 Å². The number of fused-ring (bicyclic) bond motifs is 1. The largest absolute Gasteiger partial charge is 0.457 e. The van der Waals surface area contributed by atoms with E-state index in [0.29, 0.717) is 29.2 Å². The molecule has 2 rings (SSSR count). The minimum absolute atomic E-state index is 0.0338. The Morgan fingerprint density at radius 3 is 2.54 bits per heavy atom. The van der Waals surface area contributed by atoms with Crippen LogP contribution in [0.15, 0.2) is 34.4 Å². The number of allylic oxidation sites excluding steroid dienone is 2. The standard InChI is InChI=1S/C30H49NO5S/c1-9-20(5)37-16-23(31)13-18(3)25-11-10-17(2)24-14-22(24)12-19(4)28(34)21(6)29(35)30(7,8)26(32)15-27(33)36-25/h10,13,16,19-22,24-26,28,32,34H,9,11-12,14-15,31H2,1-8H3/b17-10-,18-13+,23-16-/t19-,20?,21+,22?,24?,25-,26-,28-/m0/s1. The minimum atomic E-state index is -1.22. The first-order valence-electron chi connectivity index (χ1n) is 13.7. The number of hydrogen-bond donors (Lipinski definition) is 3. The number of carbonyl (C=O) groups excluding carboxylic acids is 2. The Labute approximate surface area is 228 Å². The van der Waals surface area contributed by atoms with Gasteiger partial charge in [0.1, 0.15) is 11.9 Å². The fourth-order valence-electron chi connectivity index (χ4n) is 5.15. The van der Waals surface area contributed by atoms with Crippen LogP contribution in [-0.4, -0.2) is 45.5 Å². The van der Waals surface area contributed by atoms with Crippen molar-refractivity contribution < 1.29 is 24.5 Å². The van der Waals surface area contributed by atoms with Gasteiger partial charge in [-0.2, -0.15) is 0 Å². The van der Waals surface area contributed by atoms with E-state index in [0.717, 1.165) is 24.8 Å². The Kier molecular flexibility index (Phi) is 11.5. The average molecular weight is 536 g/mol. The number of carbonyl (C=O) groups is 2. The number of rotatable bonds is 5. The molecule has 8 atom stereocenters. The average Bonchev–Trinajstić information content (AvgIpc) is 3.61. The summed E-state index contributed by atoms with van der Waals surface area (Å²) in [5.41, 5.74) is 7.74. The zero-order valence-electron chi connectivity index (χ0n) is 24.0. The van der Waals surface area contributed by atoms with E-state index in [-0.39, 0.29) is 18.1 Å². The van der Waals surface area contributed by atoms with E-state index in [4.69, 9.17) is 10.5 Å². The van der Waals surface area contributed by atoms with Crippen molar-refractivity contribution in [3.05, 3.63) is 34.4 Å². The molecule has 0 aromatic carbocycles. The summed E-state index contributed by atoms with van der Waals surface area (Å²) in [7, 11) is 0. The Morgan fingerprint density at radius 1 is 1.27 bits per heavy atom. The van der Waals surface area contributed by atoms with Gasteiger partial charge in [-0.1, -0.05) is 53.2 Å². The maximum Gasteiger partial charge on any atom is 0.309 e. The van der Waals surface area contributed by atoms with Crippen LogP contribution in [0.5, 0.6) is 0 Å². The second-order valence-electron chi connectivity index (χ2n) is 11.9. The summed E-state index contributed by atoms with van der Waals surface area (Å²) in [5, 5.41) is 24.2. The molecule has 1 aliphatic heterocycles. The molecule has 7 heteroatoms. The molecule has 0 aromatic heterocycles. The summed E-state index contributed by atoms with van der Waals surface area (Å²) in [6.07, 6.45) is 4.64. The normalized spacial score (nSPS) is 36.7. The Morgan fingerprint density at radius 2 is 1.92 bits per heavy atom. The summed E-state index contributed by atoms with van der Waals surface area (Å²) in [6, 6.07) is 0. The number of esters is 1. The van der Waals surface area contributed by atoms with Crippen molar-refractivity contribution in [2.45, 2.75) is 111 Å². The predicted molar refractivity (Wildman–Crippen MR) is 152 cm³/mol. The molecule has 2 aliphatic rings. The van der Waals surface area contributed by atoms with Gasteiger partial charge in [-0.25, -0.2) is 0 Å². The van der Waals surface area contributed by atoms with Crippen molar-refractivity contribution in [3.8, 4) is 0 Å². The lowest BCUT2D eigenvalue weighted by Crippen LogP contribution is -2.45. The van der Waals surface area contributed by atoms with Gasteiger partial charge in [0.15, 0.2) is 0 Å². The van der Waals surface area contributed by atoms with Gasteiger partial charge in [-0.3, -0.25) is 9.59 Å². The summed E-state index contributed by atoms with van der Waals surface area (Å²) in [5.74, 6) is -0.557. The van der Waals surface area contributed by atoms with Crippen LogP contribution < -0.4 is 5.73 Å². The van der Waals surface area contributed by atoms with Crippen molar-refractivity contribution in [1.82, 2.24) is 0 Å². The van der Waals surface area contributed by atoms with Gasteiger partial charge in [0, 0.05) is 23.3 Å². The molecule has 1 aliphatic carbocycles. The first kappa shape index (κ1) is 31.6. The van der Waals surface area contributed by atoms with Gasteiger partial charge < -0.3 is 20.7 Å². The molecule has 37 heavy (non-hydrogen) atoms. The Hall–Kier alpha value is -1.57. The number of ketones is 1. The van der Waals surface area contributed by atoms with Crippen LogP contribution in [0, 0.1) is 29.1 Å². The molecule has 6 nitrogen and oxygen atoms in total. The number of aliphatic hydroxyl groups is 2. The summed E-state index contributed by atoms with van der Waals surface area (Å²) >= 11 is 1.67. The van der Waals surface area contributed by atoms with E-state index >= 15 is 0 Å². The van der Waals surface area contributed by atoms with Crippen molar-refractivity contribution in [2.24, 2.45) is 34.8 Å². The minimum Gasteiger partial charge on any atom is -0.457 e. The van der Waals surface area contributed by atoms with E-state index in [1.54, 1.807) is 32.5 Å². The molecule has 0 bridgehead atoms. The summed E-state index contributed by atoms with van der Waals surface area (Å²) in [4.78, 5) is 26.2. The molecule has 210 valence electrons. The number of aliphatic hydroxyl groups excluding tert-OH is 2. The maximum absolute atomic E-state index is 13.3. The molecule has 0 aromatic rings. The van der Waals surface area contributed by atoms with Crippen LogP contribution in [0.4, 0.5) is 0 Å². The number of hydrogen-bond acceptors (Lipinski definition) is 7. The third kappa shape index (κ3) is 8.72. The number of nitrogens with two attached hydrogens (primary N) is 1. The van der Waals surface area contributed by atoms with Gasteiger partial charge in [0.2, 0.25) is 0 Å². The van der Waals surface area contributed by atoms with Crippen molar-refractivity contribution in [1.29, 1.82) is 0 Å². The van der Waals surface area contributed by atoms with Crippen LogP contribution in [0.1, 0.15) is 87.5 Å². The van der Waals surface area contributed by atoms with Gasteiger partial charge >= 0.3 is 5.97 Å². The Bertz CT molecular complexity index is 908. The highest BCUT2D eigenvalue weighted by molar-refractivity contribution is 8.02. The fraction of sp³-hybridized carbons (Fsp3) is 0.733. The summed E-state index contributed by atoms with van der Waals surface area (Å²) < 4.78 is 5.86.